The Hall–Kier alpha value is -3.28. The lowest BCUT2D eigenvalue weighted by molar-refractivity contribution is 0.0589. The van der Waals surface area contributed by atoms with Crippen molar-refractivity contribution in [2.24, 2.45) is 0 Å². The predicted molar refractivity (Wildman–Crippen MR) is 125 cm³/mol. The Morgan fingerprint density at radius 1 is 1.13 bits per heavy atom. The van der Waals surface area contributed by atoms with Crippen molar-refractivity contribution >= 4 is 28.4 Å². The van der Waals surface area contributed by atoms with Crippen LogP contribution in [0.15, 0.2) is 59.4 Å². The van der Waals surface area contributed by atoms with Crippen molar-refractivity contribution in [3.63, 3.8) is 0 Å². The first-order chi connectivity index (χ1) is 14.8. The van der Waals surface area contributed by atoms with Crippen molar-refractivity contribution < 1.29 is 9.53 Å². The molecule has 1 saturated carbocycles. The van der Waals surface area contributed by atoms with Gasteiger partial charge in [-0.05, 0) is 82.3 Å². The number of aryl methyl sites for hydroxylation is 1. The van der Waals surface area contributed by atoms with Gasteiger partial charge in [-0.3, -0.25) is 10.2 Å². The zero-order valence-electron chi connectivity index (χ0n) is 18.5. The molecule has 1 N–H and O–H groups in total. The van der Waals surface area contributed by atoms with Gasteiger partial charge in [-0.25, -0.2) is 4.79 Å². The Labute approximate surface area is 182 Å². The molecule has 0 radical (unpaired) electrons. The minimum absolute atomic E-state index is 0.0241. The van der Waals surface area contributed by atoms with E-state index in [0.29, 0.717) is 18.2 Å². The van der Waals surface area contributed by atoms with Gasteiger partial charge < -0.3 is 9.30 Å². The Bertz CT molecular complexity index is 1160. The maximum Gasteiger partial charge on any atom is 0.433 e. The number of carbonyl (C=O) groups excluding carboxylic acids is 1. The molecule has 6 nitrogen and oxygen atoms in total. The number of hydrogen-bond donors (Lipinski definition) is 1. The van der Waals surface area contributed by atoms with Crippen LogP contribution in [0.1, 0.15) is 52.0 Å². The van der Waals surface area contributed by atoms with E-state index >= 15 is 0 Å². The summed E-state index contributed by atoms with van der Waals surface area (Å²) in [5, 5.41) is 2.43. The molecule has 31 heavy (non-hydrogen) atoms. The van der Waals surface area contributed by atoms with Gasteiger partial charge in [-0.1, -0.05) is 18.2 Å². The molecule has 0 saturated heterocycles. The van der Waals surface area contributed by atoms with Crippen LogP contribution in [0.5, 0.6) is 0 Å². The second-order valence-electron chi connectivity index (χ2n) is 8.95. The highest BCUT2D eigenvalue weighted by Gasteiger charge is 2.28. The van der Waals surface area contributed by atoms with Gasteiger partial charge in [0.25, 0.3) is 5.56 Å². The van der Waals surface area contributed by atoms with Gasteiger partial charge in [-0.15, -0.1) is 0 Å². The number of fused-ring (bicyclic) bond motifs is 1. The van der Waals surface area contributed by atoms with Gasteiger partial charge in [0.15, 0.2) is 0 Å². The molecule has 0 aliphatic heterocycles. The Morgan fingerprint density at radius 2 is 1.84 bits per heavy atom. The maximum absolute atomic E-state index is 13.1. The van der Waals surface area contributed by atoms with Gasteiger partial charge in [0, 0.05) is 18.0 Å². The molecule has 0 atom stereocenters. The molecule has 0 bridgehead atoms. The minimum Gasteiger partial charge on any atom is -0.442 e. The van der Waals surface area contributed by atoms with Gasteiger partial charge in [0.1, 0.15) is 5.60 Å². The van der Waals surface area contributed by atoms with Crippen molar-refractivity contribution in [1.82, 2.24) is 4.57 Å². The zero-order chi connectivity index (χ0) is 22.2. The molecule has 162 valence electrons. The molecule has 0 spiro atoms. The van der Waals surface area contributed by atoms with Crippen LogP contribution in [0.4, 0.5) is 16.2 Å². The van der Waals surface area contributed by atoms with E-state index in [2.05, 4.69) is 5.43 Å². The van der Waals surface area contributed by atoms with Gasteiger partial charge in [0.2, 0.25) is 0 Å². The van der Waals surface area contributed by atoms with Crippen molar-refractivity contribution in [1.29, 1.82) is 0 Å². The van der Waals surface area contributed by atoms with Gasteiger partial charge >= 0.3 is 6.09 Å². The van der Waals surface area contributed by atoms with Crippen LogP contribution in [0.2, 0.25) is 0 Å². The van der Waals surface area contributed by atoms with Crippen LogP contribution in [-0.2, 0) is 11.3 Å². The summed E-state index contributed by atoms with van der Waals surface area (Å²) in [7, 11) is 0. The van der Waals surface area contributed by atoms with Crippen LogP contribution in [0.25, 0.3) is 10.9 Å². The van der Waals surface area contributed by atoms with Crippen LogP contribution < -0.4 is 16.0 Å². The number of aromatic nitrogens is 1. The SMILES string of the molecule is CCn1c(=O)cc(C2CC2)c2cc(N(Nc3ccccc3)C(=O)OC(C)(C)C)ccc21. The fourth-order valence-corrected chi connectivity index (χ4v) is 3.76. The lowest BCUT2D eigenvalue weighted by atomic mass is 10.0. The van der Waals surface area contributed by atoms with E-state index in [4.69, 9.17) is 4.74 Å². The molecular weight excluding hydrogens is 390 g/mol. The Balaban J connectivity index is 1.82. The number of hydrazine groups is 1. The average Bonchev–Trinajstić information content (AvgIpc) is 3.56. The summed E-state index contributed by atoms with van der Waals surface area (Å²) in [5.41, 5.74) is 5.96. The topological polar surface area (TPSA) is 63.6 Å². The van der Waals surface area contributed by atoms with Crippen LogP contribution in [0, 0.1) is 0 Å². The second kappa shape index (κ2) is 8.10. The molecule has 1 heterocycles. The van der Waals surface area contributed by atoms with E-state index in [1.807, 2.05) is 76.2 Å². The quantitative estimate of drug-likeness (QED) is 0.542. The third-order valence-corrected chi connectivity index (χ3v) is 5.31. The molecule has 2 aromatic carbocycles. The lowest BCUT2D eigenvalue weighted by Crippen LogP contribution is -2.40. The number of ether oxygens (including phenoxy) is 1. The monoisotopic (exact) mass is 419 g/mol. The minimum atomic E-state index is -0.633. The number of benzene rings is 2. The third kappa shape index (κ3) is 4.58. The number of rotatable bonds is 5. The van der Waals surface area contributed by atoms with Crippen molar-refractivity contribution in [2.75, 3.05) is 10.4 Å². The zero-order valence-corrected chi connectivity index (χ0v) is 18.5. The van der Waals surface area contributed by atoms with E-state index in [0.717, 1.165) is 35.0 Å². The summed E-state index contributed by atoms with van der Waals surface area (Å²) in [5.74, 6) is 0.411. The first kappa shape index (κ1) is 21.0. The lowest BCUT2D eigenvalue weighted by Gasteiger charge is -2.28. The molecule has 1 amide bonds. The second-order valence-corrected chi connectivity index (χ2v) is 8.95. The smallest absolute Gasteiger partial charge is 0.433 e. The number of amides is 1. The van der Waals surface area contributed by atoms with E-state index in [1.54, 1.807) is 10.6 Å². The van der Waals surface area contributed by atoms with E-state index in [-0.39, 0.29) is 5.56 Å². The van der Waals surface area contributed by atoms with E-state index < -0.39 is 11.7 Å². The number of anilines is 2. The molecular formula is C25H29N3O3. The fraction of sp³-hybridized carbons (Fsp3) is 0.360. The summed E-state index contributed by atoms with van der Waals surface area (Å²) >= 11 is 0. The van der Waals surface area contributed by atoms with Crippen LogP contribution in [0.3, 0.4) is 0 Å². The van der Waals surface area contributed by atoms with Crippen molar-refractivity contribution in [2.45, 2.75) is 58.6 Å². The third-order valence-electron chi connectivity index (χ3n) is 5.31. The van der Waals surface area contributed by atoms with Crippen molar-refractivity contribution in [3.05, 3.63) is 70.5 Å². The Morgan fingerprint density at radius 3 is 2.45 bits per heavy atom. The fourth-order valence-electron chi connectivity index (χ4n) is 3.76. The normalized spacial score (nSPS) is 13.8. The number of nitrogens with zero attached hydrogens (tertiary/aromatic N) is 2. The number of hydrogen-bond acceptors (Lipinski definition) is 4. The standard InChI is InChI=1S/C25H29N3O3/c1-5-27-22-14-13-19(15-21(22)20(16-23(27)29)17-11-12-17)28(24(30)31-25(2,3)4)26-18-9-7-6-8-10-18/h6-10,13-17,26H,5,11-12H2,1-4H3. The molecule has 0 unspecified atom stereocenters. The molecule has 1 aliphatic carbocycles. The highest BCUT2D eigenvalue weighted by Crippen LogP contribution is 2.43. The number of nitrogens with one attached hydrogen (secondary N) is 1. The summed E-state index contributed by atoms with van der Waals surface area (Å²) in [6.07, 6.45) is 1.69. The Kier molecular flexibility index (Phi) is 5.48. The van der Waals surface area contributed by atoms with Crippen LogP contribution >= 0.6 is 0 Å². The van der Waals surface area contributed by atoms with Crippen molar-refractivity contribution in [3.8, 4) is 0 Å². The number of para-hydroxylation sites is 1. The van der Waals surface area contributed by atoms with Gasteiger partial charge in [0.05, 0.1) is 16.9 Å². The number of carbonyl (C=O) groups is 1. The highest BCUT2D eigenvalue weighted by molar-refractivity contribution is 5.95. The largest absolute Gasteiger partial charge is 0.442 e. The van der Waals surface area contributed by atoms with E-state index in [9.17, 15) is 9.59 Å². The highest BCUT2D eigenvalue weighted by atomic mass is 16.6. The summed E-state index contributed by atoms with van der Waals surface area (Å²) in [4.78, 5) is 25.7. The van der Waals surface area contributed by atoms with Gasteiger partial charge in [-0.2, -0.15) is 5.01 Å². The maximum atomic E-state index is 13.1. The molecule has 6 heteroatoms. The summed E-state index contributed by atoms with van der Waals surface area (Å²) in [6, 6.07) is 17.0. The predicted octanol–water partition coefficient (Wildman–Crippen LogP) is 5.67. The van der Waals surface area contributed by atoms with E-state index in [1.165, 1.54) is 5.01 Å². The molecule has 1 aromatic heterocycles. The summed E-state index contributed by atoms with van der Waals surface area (Å²) in [6.45, 7) is 8.10. The van der Waals surface area contributed by atoms with Crippen LogP contribution in [-0.4, -0.2) is 16.3 Å². The summed E-state index contributed by atoms with van der Waals surface area (Å²) < 4.78 is 7.43. The molecule has 1 aliphatic rings. The average molecular weight is 420 g/mol. The molecule has 1 fully saturated rings. The first-order valence-corrected chi connectivity index (χ1v) is 10.8. The molecule has 4 rings (SSSR count). The number of pyridine rings is 1. The molecule has 3 aromatic rings. The first-order valence-electron chi connectivity index (χ1n) is 10.8.